The van der Waals surface area contributed by atoms with Crippen molar-refractivity contribution in [3.8, 4) is 0 Å². The van der Waals surface area contributed by atoms with Crippen LogP contribution in [0.4, 0.5) is 4.39 Å². The number of hydrogen-bond acceptors (Lipinski definition) is 1. The lowest BCUT2D eigenvalue weighted by Gasteiger charge is -2.02. The summed E-state index contributed by atoms with van der Waals surface area (Å²) in [5, 5.41) is 0. The van der Waals surface area contributed by atoms with Gasteiger partial charge < -0.3 is 0 Å². The molecule has 0 atom stereocenters. The summed E-state index contributed by atoms with van der Waals surface area (Å²) in [7, 11) is 0. The zero-order chi connectivity index (χ0) is 11.4. The predicted octanol–water partition coefficient (Wildman–Crippen LogP) is 4.15. The fraction of sp³-hybridized carbons (Fsp3) is 0.0714. The highest BCUT2D eigenvalue weighted by molar-refractivity contribution is 7.98. The van der Waals surface area contributed by atoms with Crippen molar-refractivity contribution in [2.75, 3.05) is 6.26 Å². The van der Waals surface area contributed by atoms with E-state index in [1.165, 1.54) is 17.0 Å². The van der Waals surface area contributed by atoms with Crippen molar-refractivity contribution < 1.29 is 4.39 Å². The monoisotopic (exact) mass is 231 g/mol. The second-order valence-corrected chi connectivity index (χ2v) is 4.35. The minimum absolute atomic E-state index is 0.200. The van der Waals surface area contributed by atoms with E-state index in [0.717, 1.165) is 11.1 Å². The van der Waals surface area contributed by atoms with Crippen LogP contribution in [0.3, 0.4) is 0 Å². The standard InChI is InChI=1S/C14H12FS/c1-16-14-7-5-11(6-8-14)9-12-3-2-4-13(15)10-12/h2-10H,1H3. The molecule has 81 valence electrons. The van der Waals surface area contributed by atoms with Gasteiger partial charge in [-0.2, -0.15) is 0 Å². The van der Waals surface area contributed by atoms with E-state index in [4.69, 9.17) is 0 Å². The summed E-state index contributed by atoms with van der Waals surface area (Å²) in [5.41, 5.74) is 1.97. The largest absolute Gasteiger partial charge is 0.207 e. The van der Waals surface area contributed by atoms with Gasteiger partial charge >= 0.3 is 0 Å². The van der Waals surface area contributed by atoms with Crippen molar-refractivity contribution in [2.24, 2.45) is 0 Å². The van der Waals surface area contributed by atoms with Gasteiger partial charge in [0, 0.05) is 11.3 Å². The highest BCUT2D eigenvalue weighted by Crippen LogP contribution is 2.18. The van der Waals surface area contributed by atoms with Crippen LogP contribution < -0.4 is 0 Å². The molecule has 0 aliphatic rings. The Morgan fingerprint density at radius 3 is 2.38 bits per heavy atom. The fourth-order valence-corrected chi connectivity index (χ4v) is 1.90. The van der Waals surface area contributed by atoms with Crippen molar-refractivity contribution in [3.63, 3.8) is 0 Å². The van der Waals surface area contributed by atoms with Gasteiger partial charge in [-0.15, -0.1) is 11.8 Å². The van der Waals surface area contributed by atoms with Crippen LogP contribution >= 0.6 is 11.8 Å². The lowest BCUT2D eigenvalue weighted by molar-refractivity contribution is 0.627. The Morgan fingerprint density at radius 1 is 1.00 bits per heavy atom. The van der Waals surface area contributed by atoms with Crippen LogP contribution in [0.15, 0.2) is 53.4 Å². The lowest BCUT2D eigenvalue weighted by atomic mass is 10.1. The summed E-state index contributed by atoms with van der Waals surface area (Å²) >= 11 is 1.71. The second kappa shape index (κ2) is 5.17. The van der Waals surface area contributed by atoms with Crippen molar-refractivity contribution >= 4 is 11.8 Å². The normalized spacial score (nSPS) is 10.4. The molecule has 0 spiro atoms. The van der Waals surface area contributed by atoms with E-state index in [1.807, 2.05) is 30.9 Å². The molecular formula is C14H12FS. The lowest BCUT2D eigenvalue weighted by Crippen LogP contribution is -1.86. The van der Waals surface area contributed by atoms with E-state index >= 15 is 0 Å². The van der Waals surface area contributed by atoms with Crippen molar-refractivity contribution in [3.05, 3.63) is 71.9 Å². The molecule has 0 saturated carbocycles. The quantitative estimate of drug-likeness (QED) is 0.715. The number of halogens is 1. The Kier molecular flexibility index (Phi) is 3.62. The minimum Gasteiger partial charge on any atom is -0.207 e. The molecule has 0 nitrogen and oxygen atoms in total. The first-order valence-corrected chi connectivity index (χ1v) is 6.25. The molecule has 0 fully saturated rings. The SMILES string of the molecule is CSc1ccc([CH]c2cccc(F)c2)cc1. The summed E-state index contributed by atoms with van der Waals surface area (Å²) in [6, 6.07) is 14.8. The van der Waals surface area contributed by atoms with Crippen molar-refractivity contribution in [1.82, 2.24) is 0 Å². The topological polar surface area (TPSA) is 0 Å². The number of rotatable bonds is 3. The molecule has 0 unspecified atom stereocenters. The smallest absolute Gasteiger partial charge is 0.123 e. The van der Waals surface area contributed by atoms with Gasteiger partial charge in [-0.3, -0.25) is 0 Å². The van der Waals surface area contributed by atoms with Gasteiger partial charge in [0.25, 0.3) is 0 Å². The Labute approximate surface area is 99.5 Å². The summed E-state index contributed by atoms with van der Waals surface area (Å²) in [5.74, 6) is -0.200. The molecule has 0 N–H and O–H groups in total. The molecule has 0 aliphatic carbocycles. The van der Waals surface area contributed by atoms with Crippen LogP contribution in [0, 0.1) is 12.2 Å². The Hall–Kier alpha value is -1.28. The van der Waals surface area contributed by atoms with E-state index in [0.29, 0.717) is 0 Å². The fourth-order valence-electron chi connectivity index (χ4n) is 1.49. The summed E-state index contributed by atoms with van der Waals surface area (Å²) in [4.78, 5) is 1.23. The molecule has 2 rings (SSSR count). The Balaban J connectivity index is 2.14. The summed E-state index contributed by atoms with van der Waals surface area (Å²) in [6.07, 6.45) is 4.01. The van der Waals surface area contributed by atoms with Gasteiger partial charge in [0.1, 0.15) is 5.82 Å². The zero-order valence-electron chi connectivity index (χ0n) is 8.98. The molecule has 0 saturated heterocycles. The summed E-state index contributed by atoms with van der Waals surface area (Å²) in [6.45, 7) is 0. The minimum atomic E-state index is -0.200. The Bertz CT molecular complexity index is 462. The van der Waals surface area contributed by atoms with Gasteiger partial charge in [-0.25, -0.2) is 4.39 Å². The molecule has 16 heavy (non-hydrogen) atoms. The molecule has 0 aromatic heterocycles. The van der Waals surface area contributed by atoms with E-state index in [9.17, 15) is 4.39 Å². The van der Waals surface area contributed by atoms with Crippen molar-refractivity contribution in [1.29, 1.82) is 0 Å². The third-order valence-electron chi connectivity index (χ3n) is 2.30. The number of thioether (sulfide) groups is 1. The molecule has 0 aliphatic heterocycles. The highest BCUT2D eigenvalue weighted by Gasteiger charge is 1.98. The average molecular weight is 231 g/mol. The third kappa shape index (κ3) is 2.86. The number of hydrogen-bond donors (Lipinski definition) is 0. The highest BCUT2D eigenvalue weighted by atomic mass is 32.2. The molecule has 1 radical (unpaired) electrons. The Morgan fingerprint density at radius 2 is 1.75 bits per heavy atom. The molecule has 2 aromatic carbocycles. The van der Waals surface area contributed by atoms with E-state index < -0.39 is 0 Å². The molecule has 0 heterocycles. The average Bonchev–Trinajstić information content (AvgIpc) is 2.30. The maximum atomic E-state index is 13.0. The first kappa shape index (κ1) is 11.2. The molecule has 0 bridgehead atoms. The van der Waals surface area contributed by atoms with Gasteiger partial charge in [0.2, 0.25) is 0 Å². The summed E-state index contributed by atoms with van der Waals surface area (Å²) < 4.78 is 13.0. The van der Waals surface area contributed by atoms with E-state index in [1.54, 1.807) is 17.8 Å². The zero-order valence-corrected chi connectivity index (χ0v) is 9.80. The van der Waals surface area contributed by atoms with E-state index in [-0.39, 0.29) is 5.82 Å². The van der Waals surface area contributed by atoms with Gasteiger partial charge in [0.05, 0.1) is 0 Å². The third-order valence-corrected chi connectivity index (χ3v) is 3.04. The van der Waals surface area contributed by atoms with Gasteiger partial charge in [-0.1, -0.05) is 24.3 Å². The van der Waals surface area contributed by atoms with Crippen LogP contribution in [0.5, 0.6) is 0 Å². The maximum Gasteiger partial charge on any atom is 0.123 e. The molecule has 0 amide bonds. The van der Waals surface area contributed by atoms with Gasteiger partial charge in [-0.05, 0) is 41.6 Å². The number of benzene rings is 2. The van der Waals surface area contributed by atoms with E-state index in [2.05, 4.69) is 12.1 Å². The second-order valence-electron chi connectivity index (χ2n) is 3.47. The van der Waals surface area contributed by atoms with Gasteiger partial charge in [0.15, 0.2) is 0 Å². The van der Waals surface area contributed by atoms with Crippen molar-refractivity contribution in [2.45, 2.75) is 4.90 Å². The van der Waals surface area contributed by atoms with Crippen LogP contribution in [-0.4, -0.2) is 6.26 Å². The van der Waals surface area contributed by atoms with Crippen LogP contribution in [0.2, 0.25) is 0 Å². The predicted molar refractivity (Wildman–Crippen MR) is 67.1 cm³/mol. The van der Waals surface area contributed by atoms with Crippen LogP contribution in [-0.2, 0) is 0 Å². The van der Waals surface area contributed by atoms with Crippen LogP contribution in [0.25, 0.3) is 0 Å². The molecular weight excluding hydrogens is 219 g/mol. The molecule has 2 aromatic rings. The first-order valence-electron chi connectivity index (χ1n) is 5.02. The molecule has 2 heteroatoms. The van der Waals surface area contributed by atoms with Crippen LogP contribution in [0.1, 0.15) is 11.1 Å². The maximum absolute atomic E-state index is 13.0. The first-order chi connectivity index (χ1) is 7.78.